The Hall–Kier alpha value is -3.02. The summed E-state index contributed by atoms with van der Waals surface area (Å²) in [4.78, 5) is 23.9. The van der Waals surface area contributed by atoms with E-state index in [0.717, 1.165) is 36.5 Å². The summed E-state index contributed by atoms with van der Waals surface area (Å²) >= 11 is 0. The third kappa shape index (κ3) is 3.81. The molecule has 1 amide bonds. The summed E-state index contributed by atoms with van der Waals surface area (Å²) in [6.07, 6.45) is 3.64. The maximum atomic E-state index is 13.1. The minimum Gasteiger partial charge on any atom is -0.339 e. The smallest absolute Gasteiger partial charge is 0.253 e. The number of amides is 1. The largest absolute Gasteiger partial charge is 0.339 e. The summed E-state index contributed by atoms with van der Waals surface area (Å²) in [6, 6.07) is 13.4. The van der Waals surface area contributed by atoms with Crippen LogP contribution in [0.1, 0.15) is 60.6 Å². The van der Waals surface area contributed by atoms with Gasteiger partial charge in [-0.15, -0.1) is 0 Å². The molecule has 0 unspecified atom stereocenters. The number of benzene rings is 1. The lowest BCUT2D eigenvalue weighted by atomic mass is 9.97. The predicted octanol–water partition coefficient (Wildman–Crippen LogP) is 4.27. The second-order valence-corrected chi connectivity index (χ2v) is 7.53. The highest BCUT2D eigenvalue weighted by Crippen LogP contribution is 2.28. The van der Waals surface area contributed by atoms with Gasteiger partial charge in [0, 0.05) is 36.3 Å². The molecular weight excluding hydrogens is 352 g/mol. The summed E-state index contributed by atoms with van der Waals surface area (Å²) in [5, 5.41) is 4.07. The molecule has 6 heteroatoms. The first-order chi connectivity index (χ1) is 13.6. The molecule has 6 nitrogen and oxygen atoms in total. The monoisotopic (exact) mass is 376 g/mol. The molecule has 3 heterocycles. The van der Waals surface area contributed by atoms with Crippen LogP contribution in [0.2, 0.25) is 0 Å². The molecule has 144 valence electrons. The van der Waals surface area contributed by atoms with Crippen LogP contribution in [0.5, 0.6) is 0 Å². The quantitative estimate of drug-likeness (QED) is 0.680. The van der Waals surface area contributed by atoms with Crippen molar-refractivity contribution >= 4 is 5.91 Å². The number of aromatic nitrogens is 3. The van der Waals surface area contributed by atoms with Gasteiger partial charge in [0.05, 0.1) is 11.6 Å². The van der Waals surface area contributed by atoms with E-state index >= 15 is 0 Å². The zero-order chi connectivity index (χ0) is 19.5. The van der Waals surface area contributed by atoms with E-state index in [9.17, 15) is 4.79 Å². The van der Waals surface area contributed by atoms with Crippen molar-refractivity contribution in [2.24, 2.45) is 0 Å². The van der Waals surface area contributed by atoms with E-state index in [2.05, 4.69) is 15.1 Å². The molecule has 0 radical (unpaired) electrons. The maximum absolute atomic E-state index is 13.1. The van der Waals surface area contributed by atoms with E-state index in [-0.39, 0.29) is 17.7 Å². The number of hydrogen-bond acceptors (Lipinski definition) is 5. The van der Waals surface area contributed by atoms with E-state index in [0.29, 0.717) is 18.0 Å². The molecule has 4 rings (SSSR count). The van der Waals surface area contributed by atoms with Gasteiger partial charge < -0.3 is 9.42 Å². The van der Waals surface area contributed by atoms with Crippen LogP contribution in [0, 0.1) is 0 Å². The van der Waals surface area contributed by atoms with Crippen molar-refractivity contribution in [1.82, 2.24) is 20.0 Å². The minimum absolute atomic E-state index is 0.0334. The number of pyridine rings is 1. The third-order valence-electron chi connectivity index (χ3n) is 5.10. The Labute approximate surface area is 164 Å². The molecule has 1 aromatic carbocycles. The predicted molar refractivity (Wildman–Crippen MR) is 106 cm³/mol. The van der Waals surface area contributed by atoms with Gasteiger partial charge in [-0.1, -0.05) is 37.2 Å². The Morgan fingerprint density at radius 2 is 2.11 bits per heavy atom. The number of likely N-dealkylation sites (tertiary alicyclic amines) is 1. The number of carbonyl (C=O) groups is 1. The van der Waals surface area contributed by atoms with Crippen LogP contribution in [-0.2, 0) is 0 Å². The Balaban J connectivity index is 1.51. The number of hydrogen-bond donors (Lipinski definition) is 0. The molecule has 0 N–H and O–H groups in total. The van der Waals surface area contributed by atoms with Crippen LogP contribution in [-0.4, -0.2) is 39.0 Å². The van der Waals surface area contributed by atoms with Crippen LogP contribution in [0.4, 0.5) is 0 Å². The van der Waals surface area contributed by atoms with E-state index in [1.165, 1.54) is 0 Å². The number of piperidine rings is 1. The van der Waals surface area contributed by atoms with Gasteiger partial charge in [-0.25, -0.2) is 0 Å². The summed E-state index contributed by atoms with van der Waals surface area (Å²) in [7, 11) is 0. The van der Waals surface area contributed by atoms with E-state index in [1.807, 2.05) is 61.2 Å². The van der Waals surface area contributed by atoms with Gasteiger partial charge in [-0.2, -0.15) is 4.98 Å². The lowest BCUT2D eigenvalue weighted by Gasteiger charge is -2.31. The Kier molecular flexibility index (Phi) is 5.19. The van der Waals surface area contributed by atoms with Crippen LogP contribution in [0.15, 0.2) is 53.2 Å². The first-order valence-electron chi connectivity index (χ1n) is 9.76. The van der Waals surface area contributed by atoms with Gasteiger partial charge in [0.25, 0.3) is 5.91 Å². The molecule has 1 aliphatic heterocycles. The highest BCUT2D eigenvalue weighted by molar-refractivity contribution is 5.95. The van der Waals surface area contributed by atoms with Gasteiger partial charge in [0.2, 0.25) is 5.89 Å². The van der Waals surface area contributed by atoms with Crippen molar-refractivity contribution < 1.29 is 9.32 Å². The second kappa shape index (κ2) is 7.92. The number of rotatable bonds is 4. The highest BCUT2D eigenvalue weighted by Gasteiger charge is 2.29. The van der Waals surface area contributed by atoms with Crippen molar-refractivity contribution in [1.29, 1.82) is 0 Å². The molecule has 0 aliphatic carbocycles. The summed E-state index contributed by atoms with van der Waals surface area (Å²) in [5.74, 6) is 1.72. The van der Waals surface area contributed by atoms with Crippen molar-refractivity contribution in [3.8, 4) is 11.3 Å². The summed E-state index contributed by atoms with van der Waals surface area (Å²) in [6.45, 7) is 5.43. The summed E-state index contributed by atoms with van der Waals surface area (Å²) in [5.41, 5.74) is 2.48. The highest BCUT2D eigenvalue weighted by atomic mass is 16.5. The fourth-order valence-electron chi connectivity index (χ4n) is 3.54. The average Bonchev–Trinajstić information content (AvgIpc) is 3.25. The average molecular weight is 376 g/mol. The first-order valence-corrected chi connectivity index (χ1v) is 9.76. The molecular formula is C22H24N4O2. The molecule has 0 spiro atoms. The standard InChI is InChI=1S/C22H24N4O2/c1-15(2)20-24-21(28-25-20)18-9-6-12-26(14-18)22(27)17-8-5-7-16(13-17)19-10-3-4-11-23-19/h3-5,7-8,10-11,13,15,18H,6,9,12,14H2,1-2H3/t18-/m1/s1. The van der Waals surface area contributed by atoms with Gasteiger partial charge >= 0.3 is 0 Å². The minimum atomic E-state index is 0.0334. The fraction of sp³-hybridized carbons (Fsp3) is 0.364. The van der Waals surface area contributed by atoms with Crippen LogP contribution in [0.3, 0.4) is 0 Å². The van der Waals surface area contributed by atoms with Crippen LogP contribution < -0.4 is 0 Å². The van der Waals surface area contributed by atoms with Crippen molar-refractivity contribution in [2.45, 2.75) is 38.5 Å². The maximum Gasteiger partial charge on any atom is 0.253 e. The molecule has 1 fully saturated rings. The molecule has 2 aromatic heterocycles. The topological polar surface area (TPSA) is 72.1 Å². The Morgan fingerprint density at radius 1 is 1.21 bits per heavy atom. The van der Waals surface area contributed by atoms with Gasteiger partial charge in [-0.3, -0.25) is 9.78 Å². The van der Waals surface area contributed by atoms with Crippen molar-refractivity contribution in [3.63, 3.8) is 0 Å². The first kappa shape index (κ1) is 18.3. The number of nitrogens with zero attached hydrogens (tertiary/aromatic N) is 4. The van der Waals surface area contributed by atoms with Crippen molar-refractivity contribution in [3.05, 3.63) is 65.9 Å². The van der Waals surface area contributed by atoms with Crippen LogP contribution >= 0.6 is 0 Å². The lowest BCUT2D eigenvalue weighted by molar-refractivity contribution is 0.0695. The van der Waals surface area contributed by atoms with Gasteiger partial charge in [-0.05, 0) is 37.1 Å². The van der Waals surface area contributed by atoms with Gasteiger partial charge in [0.1, 0.15) is 0 Å². The fourth-order valence-corrected chi connectivity index (χ4v) is 3.54. The number of carbonyl (C=O) groups excluding carboxylic acids is 1. The molecule has 1 saturated heterocycles. The van der Waals surface area contributed by atoms with E-state index in [1.54, 1.807) is 6.20 Å². The lowest BCUT2D eigenvalue weighted by Crippen LogP contribution is -2.39. The zero-order valence-electron chi connectivity index (χ0n) is 16.2. The van der Waals surface area contributed by atoms with Gasteiger partial charge in [0.15, 0.2) is 5.82 Å². The molecule has 0 saturated carbocycles. The summed E-state index contributed by atoms with van der Waals surface area (Å²) < 4.78 is 5.47. The molecule has 3 aromatic rings. The van der Waals surface area contributed by atoms with Crippen LogP contribution in [0.25, 0.3) is 11.3 Å². The Bertz CT molecular complexity index is 952. The van der Waals surface area contributed by atoms with E-state index < -0.39 is 0 Å². The molecule has 1 atom stereocenters. The normalized spacial score (nSPS) is 17.1. The van der Waals surface area contributed by atoms with E-state index in [4.69, 9.17) is 4.52 Å². The third-order valence-corrected chi connectivity index (χ3v) is 5.10. The zero-order valence-corrected chi connectivity index (χ0v) is 16.2. The SMILES string of the molecule is CC(C)c1noc([C@@H]2CCCN(C(=O)c3cccc(-c4ccccn4)c3)C2)n1. The molecule has 0 bridgehead atoms. The molecule has 1 aliphatic rings. The second-order valence-electron chi connectivity index (χ2n) is 7.53. The molecule has 28 heavy (non-hydrogen) atoms. The van der Waals surface area contributed by atoms with Crippen molar-refractivity contribution in [2.75, 3.05) is 13.1 Å². The Morgan fingerprint density at radius 3 is 2.86 bits per heavy atom.